The molecule has 0 bridgehead atoms. The van der Waals surface area contributed by atoms with Crippen LogP contribution in [0.4, 0.5) is 5.69 Å². The van der Waals surface area contributed by atoms with Gasteiger partial charge in [-0.25, -0.2) is 0 Å². The number of hydrogen-bond donors (Lipinski definition) is 2. The second-order valence-corrected chi connectivity index (χ2v) is 7.36. The molecule has 0 heterocycles. The minimum atomic E-state index is -0.733. The zero-order chi connectivity index (χ0) is 17.4. The van der Waals surface area contributed by atoms with Crippen LogP contribution in [-0.2, 0) is 20.1 Å². The number of esters is 1. The number of benzene rings is 1. The minimum absolute atomic E-state index is 0.0855. The quantitative estimate of drug-likeness (QED) is 0.583. The standard InChI is InChI=1S/C18H26N2O3S/c1-23-16(21)8-11-24-13-14-6-5-7-15(12-14)20-17(22)18(19)9-3-2-4-10-18/h5-7,12H,2-4,8-11,13,19H2,1H3,(H,20,22). The molecule has 1 aliphatic rings. The van der Waals surface area contributed by atoms with E-state index in [1.165, 1.54) is 7.11 Å². The van der Waals surface area contributed by atoms with Gasteiger partial charge < -0.3 is 15.8 Å². The second kappa shape index (κ2) is 9.08. The van der Waals surface area contributed by atoms with Crippen molar-refractivity contribution in [2.45, 2.75) is 49.8 Å². The van der Waals surface area contributed by atoms with Gasteiger partial charge in [0.05, 0.1) is 19.1 Å². The number of carbonyl (C=O) groups excluding carboxylic acids is 2. The highest BCUT2D eigenvalue weighted by Crippen LogP contribution is 2.27. The Morgan fingerprint density at radius 3 is 2.75 bits per heavy atom. The largest absolute Gasteiger partial charge is 0.469 e. The number of anilines is 1. The summed E-state index contributed by atoms with van der Waals surface area (Å²) in [5.74, 6) is 1.23. The molecular weight excluding hydrogens is 324 g/mol. The van der Waals surface area contributed by atoms with Crippen LogP contribution in [0.1, 0.15) is 44.1 Å². The van der Waals surface area contributed by atoms with Crippen LogP contribution in [0.5, 0.6) is 0 Å². The Labute approximate surface area is 147 Å². The third kappa shape index (κ3) is 5.53. The number of amides is 1. The molecule has 0 saturated heterocycles. The number of rotatable bonds is 7. The first-order chi connectivity index (χ1) is 11.5. The van der Waals surface area contributed by atoms with Crippen LogP contribution < -0.4 is 11.1 Å². The molecule has 0 unspecified atom stereocenters. The van der Waals surface area contributed by atoms with Gasteiger partial charge in [-0.1, -0.05) is 31.4 Å². The number of nitrogens with two attached hydrogens (primary N) is 1. The zero-order valence-corrected chi connectivity index (χ0v) is 15.0. The summed E-state index contributed by atoms with van der Waals surface area (Å²) in [6.07, 6.45) is 5.10. The molecule has 24 heavy (non-hydrogen) atoms. The van der Waals surface area contributed by atoms with Crippen LogP contribution in [0.25, 0.3) is 0 Å². The van der Waals surface area contributed by atoms with Crippen molar-refractivity contribution < 1.29 is 14.3 Å². The molecule has 3 N–H and O–H groups in total. The summed E-state index contributed by atoms with van der Waals surface area (Å²) >= 11 is 1.67. The molecule has 0 aromatic heterocycles. The summed E-state index contributed by atoms with van der Waals surface area (Å²) in [6.45, 7) is 0. The number of carbonyl (C=O) groups is 2. The van der Waals surface area contributed by atoms with E-state index in [0.717, 1.165) is 54.9 Å². The van der Waals surface area contributed by atoms with Gasteiger partial charge in [-0.15, -0.1) is 0 Å². The fourth-order valence-electron chi connectivity index (χ4n) is 2.85. The van der Waals surface area contributed by atoms with Crippen LogP contribution in [-0.4, -0.2) is 30.3 Å². The average Bonchev–Trinajstić information content (AvgIpc) is 2.59. The maximum absolute atomic E-state index is 12.5. The van der Waals surface area contributed by atoms with E-state index in [1.54, 1.807) is 11.8 Å². The summed E-state index contributed by atoms with van der Waals surface area (Å²) < 4.78 is 4.62. The SMILES string of the molecule is COC(=O)CCSCc1cccc(NC(=O)C2(N)CCCCC2)c1. The first-order valence-electron chi connectivity index (χ1n) is 8.37. The molecule has 0 spiro atoms. The maximum atomic E-state index is 12.5. The van der Waals surface area contributed by atoms with Crippen LogP contribution in [0.3, 0.4) is 0 Å². The Hall–Kier alpha value is -1.53. The highest BCUT2D eigenvalue weighted by Gasteiger charge is 2.35. The third-order valence-electron chi connectivity index (χ3n) is 4.33. The maximum Gasteiger partial charge on any atom is 0.306 e. The second-order valence-electron chi connectivity index (χ2n) is 6.25. The van der Waals surface area contributed by atoms with Crippen molar-refractivity contribution in [3.05, 3.63) is 29.8 Å². The molecule has 0 radical (unpaired) electrons. The first kappa shape index (κ1) is 18.8. The highest BCUT2D eigenvalue weighted by molar-refractivity contribution is 7.98. The molecule has 1 saturated carbocycles. The van der Waals surface area contributed by atoms with Crippen molar-refractivity contribution in [3.8, 4) is 0 Å². The molecular formula is C18H26N2O3S. The fraction of sp³-hybridized carbons (Fsp3) is 0.556. The van der Waals surface area contributed by atoms with Crippen molar-refractivity contribution in [2.24, 2.45) is 5.73 Å². The van der Waals surface area contributed by atoms with Gasteiger partial charge in [0.2, 0.25) is 5.91 Å². The smallest absolute Gasteiger partial charge is 0.306 e. The molecule has 132 valence electrons. The van der Waals surface area contributed by atoms with E-state index < -0.39 is 5.54 Å². The predicted molar refractivity (Wildman–Crippen MR) is 97.9 cm³/mol. The number of thioether (sulfide) groups is 1. The Morgan fingerprint density at radius 1 is 1.29 bits per heavy atom. The summed E-state index contributed by atoms with van der Waals surface area (Å²) in [7, 11) is 1.40. The van der Waals surface area contributed by atoms with Gasteiger partial charge in [-0.2, -0.15) is 11.8 Å². The summed E-state index contributed by atoms with van der Waals surface area (Å²) in [6, 6.07) is 7.79. The Kier molecular flexibility index (Phi) is 7.12. The normalized spacial score (nSPS) is 16.4. The number of ether oxygens (including phenoxy) is 1. The molecule has 1 aromatic carbocycles. The average molecular weight is 350 g/mol. The van der Waals surface area contributed by atoms with E-state index in [1.807, 2.05) is 24.3 Å². The number of hydrogen-bond acceptors (Lipinski definition) is 5. The lowest BCUT2D eigenvalue weighted by atomic mass is 9.82. The van der Waals surface area contributed by atoms with Crippen molar-refractivity contribution in [1.29, 1.82) is 0 Å². The lowest BCUT2D eigenvalue weighted by Gasteiger charge is -2.31. The molecule has 1 amide bonds. The van der Waals surface area contributed by atoms with Gasteiger partial charge in [-0.3, -0.25) is 9.59 Å². The zero-order valence-electron chi connectivity index (χ0n) is 14.2. The van der Waals surface area contributed by atoms with Crippen LogP contribution in [0.2, 0.25) is 0 Å². The molecule has 2 rings (SSSR count). The topological polar surface area (TPSA) is 81.4 Å². The van der Waals surface area contributed by atoms with Gasteiger partial charge in [0, 0.05) is 17.2 Å². The van der Waals surface area contributed by atoms with Crippen LogP contribution in [0.15, 0.2) is 24.3 Å². The van der Waals surface area contributed by atoms with Crippen molar-refractivity contribution in [1.82, 2.24) is 0 Å². The van der Waals surface area contributed by atoms with Gasteiger partial charge in [0.15, 0.2) is 0 Å². The fourth-order valence-corrected chi connectivity index (χ4v) is 3.72. The molecule has 1 aromatic rings. The lowest BCUT2D eigenvalue weighted by Crippen LogP contribution is -2.52. The van der Waals surface area contributed by atoms with Crippen molar-refractivity contribution in [2.75, 3.05) is 18.2 Å². The van der Waals surface area contributed by atoms with E-state index in [-0.39, 0.29) is 11.9 Å². The van der Waals surface area contributed by atoms with E-state index in [2.05, 4.69) is 10.1 Å². The monoisotopic (exact) mass is 350 g/mol. The molecule has 1 fully saturated rings. The van der Waals surface area contributed by atoms with Crippen molar-refractivity contribution in [3.63, 3.8) is 0 Å². The lowest BCUT2D eigenvalue weighted by molar-refractivity contribution is -0.140. The Morgan fingerprint density at radius 2 is 2.04 bits per heavy atom. The van der Waals surface area contributed by atoms with Crippen molar-refractivity contribution >= 4 is 29.3 Å². The van der Waals surface area contributed by atoms with Gasteiger partial charge >= 0.3 is 5.97 Å². The summed E-state index contributed by atoms with van der Waals surface area (Å²) in [4.78, 5) is 23.6. The minimum Gasteiger partial charge on any atom is -0.469 e. The first-order valence-corrected chi connectivity index (χ1v) is 9.53. The van der Waals surface area contributed by atoms with E-state index in [4.69, 9.17) is 5.73 Å². The Balaban J connectivity index is 1.85. The van der Waals surface area contributed by atoms with Gasteiger partial charge in [-0.05, 0) is 30.5 Å². The Bertz CT molecular complexity index is 571. The van der Waals surface area contributed by atoms with Gasteiger partial charge in [0.1, 0.15) is 0 Å². The number of nitrogens with one attached hydrogen (secondary N) is 1. The van der Waals surface area contributed by atoms with Crippen LogP contribution >= 0.6 is 11.8 Å². The number of methoxy groups -OCH3 is 1. The summed E-state index contributed by atoms with van der Waals surface area (Å²) in [5.41, 5.74) is 7.42. The van der Waals surface area contributed by atoms with E-state index >= 15 is 0 Å². The molecule has 1 aliphatic carbocycles. The molecule has 6 heteroatoms. The van der Waals surface area contributed by atoms with E-state index in [0.29, 0.717) is 6.42 Å². The third-order valence-corrected chi connectivity index (χ3v) is 5.36. The summed E-state index contributed by atoms with van der Waals surface area (Å²) in [5, 5.41) is 2.96. The van der Waals surface area contributed by atoms with Crippen LogP contribution in [0, 0.1) is 0 Å². The molecule has 0 aliphatic heterocycles. The molecule has 0 atom stereocenters. The van der Waals surface area contributed by atoms with E-state index in [9.17, 15) is 9.59 Å². The predicted octanol–water partition coefficient (Wildman–Crippen LogP) is 3.08. The molecule has 5 nitrogen and oxygen atoms in total. The highest BCUT2D eigenvalue weighted by atomic mass is 32.2. The van der Waals surface area contributed by atoms with Gasteiger partial charge in [0.25, 0.3) is 0 Å².